The van der Waals surface area contributed by atoms with E-state index in [2.05, 4.69) is 24.4 Å². The lowest BCUT2D eigenvalue weighted by atomic mass is 10.0. The van der Waals surface area contributed by atoms with Crippen LogP contribution in [-0.2, 0) is 11.2 Å². The number of carbonyl (C=O) groups excluding carboxylic acids is 1. The molecule has 1 amide bonds. The molecule has 0 saturated carbocycles. The summed E-state index contributed by atoms with van der Waals surface area (Å²) in [5.74, 6) is 0.0167. The maximum Gasteiger partial charge on any atom is 0.224 e. The first kappa shape index (κ1) is 15.6. The van der Waals surface area contributed by atoms with Gasteiger partial charge in [-0.1, -0.05) is 42.5 Å². The van der Waals surface area contributed by atoms with Gasteiger partial charge < -0.3 is 5.32 Å². The first-order valence-electron chi connectivity index (χ1n) is 7.15. The van der Waals surface area contributed by atoms with Crippen LogP contribution in [0.5, 0.6) is 0 Å². The van der Waals surface area contributed by atoms with Crippen LogP contribution in [-0.4, -0.2) is 5.91 Å². The molecule has 0 bridgehead atoms. The molecule has 2 rings (SSSR count). The third kappa shape index (κ3) is 4.33. The van der Waals surface area contributed by atoms with Crippen molar-refractivity contribution in [1.82, 2.24) is 0 Å². The molecule has 1 unspecified atom stereocenters. The SMILES string of the molecule is Cc1ccccc1CCC(=O)Nc1ccccc1C(C)Cl. The Labute approximate surface area is 131 Å². The quantitative estimate of drug-likeness (QED) is 0.785. The van der Waals surface area contributed by atoms with E-state index in [9.17, 15) is 4.79 Å². The van der Waals surface area contributed by atoms with Crippen molar-refractivity contribution in [3.63, 3.8) is 0 Å². The van der Waals surface area contributed by atoms with E-state index in [0.29, 0.717) is 6.42 Å². The number of benzene rings is 2. The number of hydrogen-bond acceptors (Lipinski definition) is 1. The van der Waals surface area contributed by atoms with Crippen LogP contribution in [0.25, 0.3) is 0 Å². The molecule has 0 saturated heterocycles. The van der Waals surface area contributed by atoms with E-state index in [4.69, 9.17) is 11.6 Å². The van der Waals surface area contributed by atoms with E-state index in [-0.39, 0.29) is 11.3 Å². The summed E-state index contributed by atoms with van der Waals surface area (Å²) in [7, 11) is 0. The Balaban J connectivity index is 1.98. The van der Waals surface area contributed by atoms with Crippen molar-refractivity contribution in [2.45, 2.75) is 32.1 Å². The molecule has 0 aromatic heterocycles. The Morgan fingerprint density at radius 3 is 2.52 bits per heavy atom. The molecule has 0 radical (unpaired) electrons. The zero-order valence-electron chi connectivity index (χ0n) is 12.4. The lowest BCUT2D eigenvalue weighted by molar-refractivity contribution is -0.116. The minimum Gasteiger partial charge on any atom is -0.326 e. The highest BCUT2D eigenvalue weighted by Gasteiger charge is 2.10. The Hall–Kier alpha value is -1.80. The number of nitrogens with one attached hydrogen (secondary N) is 1. The molecular weight excluding hydrogens is 282 g/mol. The average molecular weight is 302 g/mol. The number of aryl methyl sites for hydroxylation is 2. The second-order valence-corrected chi connectivity index (χ2v) is 5.83. The maximum absolute atomic E-state index is 12.1. The molecule has 0 aliphatic carbocycles. The van der Waals surface area contributed by atoms with Crippen LogP contribution in [0.1, 0.15) is 35.4 Å². The van der Waals surface area contributed by atoms with Crippen molar-refractivity contribution in [2.24, 2.45) is 0 Å². The molecule has 110 valence electrons. The predicted molar refractivity (Wildman–Crippen MR) is 88.8 cm³/mol. The molecule has 2 aromatic rings. The van der Waals surface area contributed by atoms with Crippen molar-refractivity contribution in [2.75, 3.05) is 5.32 Å². The van der Waals surface area contributed by atoms with Gasteiger partial charge in [-0.15, -0.1) is 11.6 Å². The summed E-state index contributed by atoms with van der Waals surface area (Å²) in [5, 5.41) is 2.83. The highest BCUT2D eigenvalue weighted by atomic mass is 35.5. The summed E-state index contributed by atoms with van der Waals surface area (Å²) in [5.41, 5.74) is 4.19. The zero-order chi connectivity index (χ0) is 15.2. The van der Waals surface area contributed by atoms with Gasteiger partial charge in [-0.2, -0.15) is 0 Å². The summed E-state index contributed by atoms with van der Waals surface area (Å²) in [6.07, 6.45) is 1.22. The van der Waals surface area contributed by atoms with E-state index in [1.54, 1.807) is 0 Å². The lowest BCUT2D eigenvalue weighted by Crippen LogP contribution is -2.14. The monoisotopic (exact) mass is 301 g/mol. The summed E-state index contributed by atoms with van der Waals surface area (Å²) in [4.78, 5) is 12.1. The number of para-hydroxylation sites is 1. The largest absolute Gasteiger partial charge is 0.326 e. The van der Waals surface area contributed by atoms with E-state index in [1.165, 1.54) is 11.1 Å². The van der Waals surface area contributed by atoms with Gasteiger partial charge in [-0.25, -0.2) is 0 Å². The van der Waals surface area contributed by atoms with Crippen molar-refractivity contribution in [1.29, 1.82) is 0 Å². The minimum absolute atomic E-state index is 0.0167. The van der Waals surface area contributed by atoms with Gasteiger partial charge in [0.15, 0.2) is 0 Å². The smallest absolute Gasteiger partial charge is 0.224 e. The van der Waals surface area contributed by atoms with Gasteiger partial charge in [0.2, 0.25) is 5.91 Å². The number of hydrogen-bond donors (Lipinski definition) is 1. The molecule has 3 heteroatoms. The first-order valence-corrected chi connectivity index (χ1v) is 7.59. The normalized spacial score (nSPS) is 12.0. The Kier molecular flexibility index (Phi) is 5.40. The van der Waals surface area contributed by atoms with Gasteiger partial charge in [0, 0.05) is 12.1 Å². The number of amides is 1. The summed E-state index contributed by atoms with van der Waals surface area (Å²) in [6.45, 7) is 3.97. The Morgan fingerprint density at radius 1 is 1.14 bits per heavy atom. The summed E-state index contributed by atoms with van der Waals surface area (Å²) >= 11 is 6.13. The van der Waals surface area contributed by atoms with Gasteiger partial charge >= 0.3 is 0 Å². The number of rotatable bonds is 5. The van der Waals surface area contributed by atoms with Crippen LogP contribution in [0.15, 0.2) is 48.5 Å². The minimum atomic E-state index is -0.127. The third-order valence-electron chi connectivity index (χ3n) is 3.55. The van der Waals surface area contributed by atoms with Gasteiger partial charge in [0.25, 0.3) is 0 Å². The average Bonchev–Trinajstić information content (AvgIpc) is 2.47. The van der Waals surface area contributed by atoms with Gasteiger partial charge in [-0.3, -0.25) is 4.79 Å². The van der Waals surface area contributed by atoms with Crippen LogP contribution in [0.3, 0.4) is 0 Å². The summed E-state index contributed by atoms with van der Waals surface area (Å²) < 4.78 is 0. The molecule has 2 nitrogen and oxygen atoms in total. The topological polar surface area (TPSA) is 29.1 Å². The molecule has 1 N–H and O–H groups in total. The van der Waals surface area contributed by atoms with Crippen LogP contribution >= 0.6 is 11.6 Å². The molecule has 0 aliphatic heterocycles. The fourth-order valence-electron chi connectivity index (χ4n) is 2.31. The first-order chi connectivity index (χ1) is 10.1. The van der Waals surface area contributed by atoms with Crippen LogP contribution < -0.4 is 5.32 Å². The highest BCUT2D eigenvalue weighted by Crippen LogP contribution is 2.27. The van der Waals surface area contributed by atoms with E-state index < -0.39 is 0 Å². The zero-order valence-corrected chi connectivity index (χ0v) is 13.2. The second-order valence-electron chi connectivity index (χ2n) is 5.18. The van der Waals surface area contributed by atoms with Crippen LogP contribution in [0, 0.1) is 6.92 Å². The van der Waals surface area contributed by atoms with Gasteiger partial charge in [-0.05, 0) is 43.0 Å². The Morgan fingerprint density at radius 2 is 1.81 bits per heavy atom. The molecule has 0 fully saturated rings. The number of halogens is 1. The van der Waals surface area contributed by atoms with Crippen LogP contribution in [0.4, 0.5) is 5.69 Å². The molecule has 0 spiro atoms. The fourth-order valence-corrected chi connectivity index (χ4v) is 2.50. The van der Waals surface area contributed by atoms with E-state index in [0.717, 1.165) is 17.7 Å². The Bertz CT molecular complexity index is 622. The number of anilines is 1. The van der Waals surface area contributed by atoms with E-state index >= 15 is 0 Å². The molecule has 21 heavy (non-hydrogen) atoms. The molecule has 0 aliphatic rings. The van der Waals surface area contributed by atoms with Crippen LogP contribution in [0.2, 0.25) is 0 Å². The molecular formula is C18H20ClNO. The molecule has 1 atom stereocenters. The summed E-state index contributed by atoms with van der Waals surface area (Å²) in [6, 6.07) is 15.8. The van der Waals surface area contributed by atoms with E-state index in [1.807, 2.05) is 43.3 Å². The fraction of sp³-hybridized carbons (Fsp3) is 0.278. The molecule has 2 aromatic carbocycles. The highest BCUT2D eigenvalue weighted by molar-refractivity contribution is 6.21. The number of alkyl halides is 1. The standard InChI is InChI=1S/C18H20ClNO/c1-13-7-3-4-8-15(13)11-12-18(21)20-17-10-6-5-9-16(17)14(2)19/h3-10,14H,11-12H2,1-2H3,(H,20,21). The van der Waals surface area contributed by atoms with Gasteiger partial charge in [0.1, 0.15) is 0 Å². The molecule has 0 heterocycles. The number of carbonyl (C=O) groups is 1. The van der Waals surface area contributed by atoms with Crippen molar-refractivity contribution < 1.29 is 4.79 Å². The third-order valence-corrected chi connectivity index (χ3v) is 3.78. The lowest BCUT2D eigenvalue weighted by Gasteiger charge is -2.12. The van der Waals surface area contributed by atoms with Gasteiger partial charge in [0.05, 0.1) is 5.38 Å². The van der Waals surface area contributed by atoms with Crippen molar-refractivity contribution >= 4 is 23.2 Å². The van der Waals surface area contributed by atoms with Crippen molar-refractivity contribution in [3.05, 3.63) is 65.2 Å². The predicted octanol–water partition coefficient (Wildman–Crippen LogP) is 4.87. The second kappa shape index (κ2) is 7.28. The maximum atomic E-state index is 12.1. The van der Waals surface area contributed by atoms with Crippen molar-refractivity contribution in [3.8, 4) is 0 Å².